The van der Waals surface area contributed by atoms with Gasteiger partial charge < -0.3 is 10.6 Å². The first-order valence-corrected chi connectivity index (χ1v) is 5.75. The van der Waals surface area contributed by atoms with Crippen molar-refractivity contribution in [3.63, 3.8) is 0 Å². The average molecular weight is 240 g/mol. The second-order valence-electron chi connectivity index (χ2n) is 4.09. The predicted octanol–water partition coefficient (Wildman–Crippen LogP) is 2.45. The molecule has 1 aromatic rings. The highest BCUT2D eigenvalue weighted by Gasteiger charge is 1.99. The fourth-order valence-electron chi connectivity index (χ4n) is 1.19. The van der Waals surface area contributed by atoms with Gasteiger partial charge in [-0.05, 0) is 35.8 Å². The van der Waals surface area contributed by atoms with Crippen LogP contribution in [0.15, 0.2) is 24.3 Å². The summed E-state index contributed by atoms with van der Waals surface area (Å²) in [5.41, 5.74) is 0.883. The van der Waals surface area contributed by atoms with Gasteiger partial charge in [0.2, 0.25) is 0 Å². The van der Waals surface area contributed by atoms with Gasteiger partial charge in [0.25, 0.3) is 0 Å². The van der Waals surface area contributed by atoms with Gasteiger partial charge in [0.1, 0.15) is 5.82 Å². The number of hydrogen-bond donors (Lipinski definition) is 2. The van der Waals surface area contributed by atoms with Crippen molar-refractivity contribution < 1.29 is 4.39 Å². The van der Waals surface area contributed by atoms with Crippen molar-refractivity contribution in [1.82, 2.24) is 10.6 Å². The molecule has 0 heterocycles. The molecule has 4 heteroatoms. The summed E-state index contributed by atoms with van der Waals surface area (Å²) in [5, 5.41) is 6.74. The summed E-state index contributed by atoms with van der Waals surface area (Å²) in [6.45, 7) is 5.61. The molecule has 0 aliphatic rings. The Hall–Kier alpha value is -1.16. The fraction of sp³-hybridized carbons (Fsp3) is 0.417. The molecular weight excluding hydrogens is 223 g/mol. The molecule has 0 aliphatic heterocycles. The standard InChI is InChI=1S/C12H17FN2S/c1-9(2)7-14-12(16)15-8-10-4-3-5-11(13)6-10/h3-6,9H,7-8H2,1-2H3,(H2,14,15,16). The lowest BCUT2D eigenvalue weighted by molar-refractivity contribution is 0.617. The Morgan fingerprint density at radius 3 is 2.75 bits per heavy atom. The molecule has 0 saturated heterocycles. The summed E-state index contributed by atoms with van der Waals surface area (Å²) in [7, 11) is 0. The maximum Gasteiger partial charge on any atom is 0.166 e. The minimum absolute atomic E-state index is 0.222. The Labute approximate surface area is 101 Å². The van der Waals surface area contributed by atoms with E-state index in [9.17, 15) is 4.39 Å². The molecule has 0 radical (unpaired) electrons. The Balaban J connectivity index is 2.31. The van der Waals surface area contributed by atoms with Gasteiger partial charge in [-0.3, -0.25) is 0 Å². The van der Waals surface area contributed by atoms with Crippen molar-refractivity contribution >= 4 is 17.3 Å². The van der Waals surface area contributed by atoms with Crippen molar-refractivity contribution in [2.75, 3.05) is 6.54 Å². The lowest BCUT2D eigenvalue weighted by Crippen LogP contribution is -2.36. The van der Waals surface area contributed by atoms with Crippen LogP contribution in [0.2, 0.25) is 0 Å². The summed E-state index contributed by atoms with van der Waals surface area (Å²) in [5.74, 6) is 0.328. The smallest absolute Gasteiger partial charge is 0.166 e. The molecule has 1 aromatic carbocycles. The van der Waals surface area contributed by atoms with Crippen molar-refractivity contribution in [3.8, 4) is 0 Å². The minimum atomic E-state index is -0.222. The summed E-state index contributed by atoms with van der Waals surface area (Å²) in [6, 6.07) is 6.48. The monoisotopic (exact) mass is 240 g/mol. The maximum atomic E-state index is 12.9. The molecule has 0 aliphatic carbocycles. The van der Waals surface area contributed by atoms with E-state index in [4.69, 9.17) is 12.2 Å². The predicted molar refractivity (Wildman–Crippen MR) is 68.7 cm³/mol. The molecule has 2 nitrogen and oxygen atoms in total. The van der Waals surface area contributed by atoms with E-state index >= 15 is 0 Å². The van der Waals surface area contributed by atoms with Gasteiger partial charge in [-0.25, -0.2) is 4.39 Å². The van der Waals surface area contributed by atoms with Crippen LogP contribution < -0.4 is 10.6 Å². The molecule has 0 bridgehead atoms. The summed E-state index contributed by atoms with van der Waals surface area (Å²) < 4.78 is 12.9. The van der Waals surface area contributed by atoms with Gasteiger partial charge >= 0.3 is 0 Å². The highest BCUT2D eigenvalue weighted by molar-refractivity contribution is 7.80. The highest BCUT2D eigenvalue weighted by Crippen LogP contribution is 2.02. The molecule has 0 fully saturated rings. The molecule has 0 saturated carbocycles. The zero-order valence-corrected chi connectivity index (χ0v) is 10.4. The van der Waals surface area contributed by atoms with Crippen LogP contribution in [-0.2, 0) is 6.54 Å². The van der Waals surface area contributed by atoms with Gasteiger partial charge in [-0.2, -0.15) is 0 Å². The number of rotatable bonds is 4. The molecular formula is C12H17FN2S. The van der Waals surface area contributed by atoms with Gasteiger partial charge in [-0.15, -0.1) is 0 Å². The highest BCUT2D eigenvalue weighted by atomic mass is 32.1. The van der Waals surface area contributed by atoms with Crippen LogP contribution in [0.25, 0.3) is 0 Å². The first kappa shape index (κ1) is 12.9. The zero-order chi connectivity index (χ0) is 12.0. The minimum Gasteiger partial charge on any atom is -0.362 e. The number of halogens is 1. The van der Waals surface area contributed by atoms with Crippen molar-refractivity contribution in [3.05, 3.63) is 35.6 Å². The van der Waals surface area contributed by atoms with Gasteiger partial charge in [0.05, 0.1) is 0 Å². The molecule has 0 atom stereocenters. The van der Waals surface area contributed by atoms with E-state index in [1.807, 2.05) is 6.07 Å². The lowest BCUT2D eigenvalue weighted by Gasteiger charge is -2.12. The van der Waals surface area contributed by atoms with E-state index in [0.717, 1.165) is 12.1 Å². The first-order valence-electron chi connectivity index (χ1n) is 5.34. The Kier molecular flexibility index (Phi) is 5.19. The zero-order valence-electron chi connectivity index (χ0n) is 9.59. The molecule has 88 valence electrons. The number of thiocarbonyl (C=S) groups is 1. The molecule has 0 amide bonds. The molecule has 0 unspecified atom stereocenters. The SMILES string of the molecule is CC(C)CNC(=S)NCc1cccc(F)c1. The molecule has 1 rings (SSSR count). The summed E-state index contributed by atoms with van der Waals surface area (Å²) in [4.78, 5) is 0. The quantitative estimate of drug-likeness (QED) is 0.791. The van der Waals surface area contributed by atoms with Gasteiger partial charge in [-0.1, -0.05) is 26.0 Å². The Morgan fingerprint density at radius 1 is 1.38 bits per heavy atom. The number of hydrogen-bond acceptors (Lipinski definition) is 1. The lowest BCUT2D eigenvalue weighted by atomic mass is 10.2. The Bertz CT molecular complexity index is 353. The third-order valence-electron chi connectivity index (χ3n) is 2.01. The average Bonchev–Trinajstić information content (AvgIpc) is 2.23. The van der Waals surface area contributed by atoms with Crippen LogP contribution in [0.3, 0.4) is 0 Å². The third kappa shape index (κ3) is 5.07. The second kappa shape index (κ2) is 6.43. The van der Waals surface area contributed by atoms with E-state index in [-0.39, 0.29) is 5.82 Å². The largest absolute Gasteiger partial charge is 0.362 e. The van der Waals surface area contributed by atoms with Crippen LogP contribution in [0.1, 0.15) is 19.4 Å². The second-order valence-corrected chi connectivity index (χ2v) is 4.50. The van der Waals surface area contributed by atoms with E-state index in [1.54, 1.807) is 6.07 Å². The fourth-order valence-corrected chi connectivity index (χ4v) is 1.34. The Morgan fingerprint density at radius 2 is 2.12 bits per heavy atom. The van der Waals surface area contributed by atoms with Crippen LogP contribution in [0.4, 0.5) is 4.39 Å². The van der Waals surface area contributed by atoms with Crippen molar-refractivity contribution in [2.24, 2.45) is 5.92 Å². The third-order valence-corrected chi connectivity index (χ3v) is 2.30. The van der Waals surface area contributed by atoms with Crippen LogP contribution >= 0.6 is 12.2 Å². The molecule has 0 aromatic heterocycles. The first-order chi connectivity index (χ1) is 7.58. The van der Waals surface area contributed by atoms with Crippen molar-refractivity contribution in [1.29, 1.82) is 0 Å². The van der Waals surface area contributed by atoms with Crippen molar-refractivity contribution in [2.45, 2.75) is 20.4 Å². The summed E-state index contributed by atoms with van der Waals surface area (Å²) >= 11 is 5.09. The van der Waals surface area contributed by atoms with Crippen LogP contribution in [0, 0.1) is 11.7 Å². The van der Waals surface area contributed by atoms with E-state index in [2.05, 4.69) is 24.5 Å². The van der Waals surface area contributed by atoms with Gasteiger partial charge in [0.15, 0.2) is 5.11 Å². The van der Waals surface area contributed by atoms with Crippen LogP contribution in [-0.4, -0.2) is 11.7 Å². The van der Waals surface area contributed by atoms with E-state index < -0.39 is 0 Å². The van der Waals surface area contributed by atoms with E-state index in [1.165, 1.54) is 12.1 Å². The molecule has 0 spiro atoms. The van der Waals surface area contributed by atoms with E-state index in [0.29, 0.717) is 17.6 Å². The topological polar surface area (TPSA) is 24.1 Å². The summed E-state index contributed by atoms with van der Waals surface area (Å²) in [6.07, 6.45) is 0. The normalized spacial score (nSPS) is 10.2. The molecule has 2 N–H and O–H groups in total. The number of benzene rings is 1. The number of nitrogens with one attached hydrogen (secondary N) is 2. The van der Waals surface area contributed by atoms with Gasteiger partial charge in [0, 0.05) is 13.1 Å². The molecule has 16 heavy (non-hydrogen) atoms. The van der Waals surface area contributed by atoms with Crippen LogP contribution in [0.5, 0.6) is 0 Å². The maximum absolute atomic E-state index is 12.9.